The zero-order valence-electron chi connectivity index (χ0n) is 12.0. The molecule has 0 aromatic heterocycles. The van der Waals surface area contributed by atoms with Gasteiger partial charge in [0.1, 0.15) is 0 Å². The summed E-state index contributed by atoms with van der Waals surface area (Å²) >= 11 is 0. The van der Waals surface area contributed by atoms with Crippen molar-refractivity contribution >= 4 is 11.9 Å². The maximum absolute atomic E-state index is 12.0. The summed E-state index contributed by atoms with van der Waals surface area (Å²) in [6.45, 7) is 1.82. The van der Waals surface area contributed by atoms with E-state index in [-0.39, 0.29) is 59.2 Å². The Balaban J connectivity index is 0.00000147. The monoisotopic (exact) mass is 285 g/mol. The van der Waals surface area contributed by atoms with E-state index in [9.17, 15) is 14.7 Å². The Morgan fingerprint density at radius 3 is 2.70 bits per heavy atom. The standard InChI is InChI=1S/C14H17NO4.Na/c1-3-7-11-8-5-4-6-9(19-2)10(8)12(14(17)18)15(11)13(7)16;/h3,8-9,11H,4-6H2,1-2H3,(H,17,18);/q;+1/p-1/b7-3+;/t8-,9-,11+;/m1./s1. The molecule has 3 rings (SSSR count). The Bertz CT molecular complexity index is 525. The van der Waals surface area contributed by atoms with Crippen molar-refractivity contribution in [2.24, 2.45) is 5.92 Å². The number of β-lactam (4-membered cyclic amide) rings is 1. The Hall–Kier alpha value is -0.620. The van der Waals surface area contributed by atoms with E-state index in [1.807, 2.05) is 6.92 Å². The van der Waals surface area contributed by atoms with Gasteiger partial charge in [-0.1, -0.05) is 6.08 Å². The van der Waals surface area contributed by atoms with Gasteiger partial charge in [-0.2, -0.15) is 0 Å². The second kappa shape index (κ2) is 5.64. The number of hydrogen-bond donors (Lipinski definition) is 0. The molecule has 1 amide bonds. The van der Waals surface area contributed by atoms with E-state index in [1.54, 1.807) is 13.2 Å². The number of rotatable bonds is 2. The number of nitrogens with zero attached hydrogens (tertiary/aromatic N) is 1. The fraction of sp³-hybridized carbons (Fsp3) is 0.571. The van der Waals surface area contributed by atoms with Crippen LogP contribution in [0.25, 0.3) is 0 Å². The Morgan fingerprint density at radius 1 is 1.45 bits per heavy atom. The topological polar surface area (TPSA) is 69.7 Å². The number of fused-ring (bicyclic) bond motifs is 3. The van der Waals surface area contributed by atoms with E-state index in [1.165, 1.54) is 4.90 Å². The van der Waals surface area contributed by atoms with Gasteiger partial charge in [-0.3, -0.25) is 9.69 Å². The van der Waals surface area contributed by atoms with E-state index in [0.717, 1.165) is 30.4 Å². The molecule has 0 aromatic carbocycles. The molecule has 0 aromatic rings. The van der Waals surface area contributed by atoms with Crippen LogP contribution in [0, 0.1) is 5.92 Å². The summed E-state index contributed by atoms with van der Waals surface area (Å²) in [6.07, 6.45) is 4.28. The minimum Gasteiger partial charge on any atom is -0.543 e. The van der Waals surface area contributed by atoms with Crippen molar-refractivity contribution in [1.82, 2.24) is 4.90 Å². The van der Waals surface area contributed by atoms with Crippen molar-refractivity contribution < 1.29 is 49.0 Å². The predicted molar refractivity (Wildman–Crippen MR) is 64.6 cm³/mol. The van der Waals surface area contributed by atoms with Crippen molar-refractivity contribution in [2.45, 2.75) is 38.3 Å². The molecule has 20 heavy (non-hydrogen) atoms. The van der Waals surface area contributed by atoms with Crippen LogP contribution in [0.4, 0.5) is 0 Å². The van der Waals surface area contributed by atoms with Gasteiger partial charge >= 0.3 is 29.6 Å². The van der Waals surface area contributed by atoms with Gasteiger partial charge in [0.25, 0.3) is 5.91 Å². The summed E-state index contributed by atoms with van der Waals surface area (Å²) < 4.78 is 5.41. The van der Waals surface area contributed by atoms with Gasteiger partial charge in [0.2, 0.25) is 0 Å². The molecule has 1 saturated carbocycles. The van der Waals surface area contributed by atoms with E-state index < -0.39 is 5.97 Å². The van der Waals surface area contributed by atoms with E-state index >= 15 is 0 Å². The third-order valence-electron chi connectivity index (χ3n) is 4.47. The molecule has 3 aliphatic rings. The molecule has 1 aliphatic carbocycles. The Kier molecular flexibility index (Phi) is 4.44. The normalized spacial score (nSPS) is 33.5. The van der Waals surface area contributed by atoms with Gasteiger partial charge in [0, 0.05) is 18.6 Å². The molecule has 2 heterocycles. The number of ether oxygens (including phenoxy) is 1. The summed E-state index contributed by atoms with van der Waals surface area (Å²) in [7, 11) is 1.58. The van der Waals surface area contributed by atoms with Gasteiger partial charge in [-0.05, 0) is 31.8 Å². The zero-order chi connectivity index (χ0) is 13.7. The van der Waals surface area contributed by atoms with Crippen LogP contribution in [-0.4, -0.2) is 36.0 Å². The first-order valence-electron chi connectivity index (χ1n) is 6.59. The fourth-order valence-electron chi connectivity index (χ4n) is 3.73. The SMILES string of the molecule is C/C=C1/C(=O)N2C(C(=O)[O-])=C3[C@@H](CCC[C@H]3OC)[C@H]12.[Na+]. The molecule has 2 aliphatic heterocycles. The minimum atomic E-state index is -1.27. The summed E-state index contributed by atoms with van der Waals surface area (Å²) in [4.78, 5) is 24.8. The molecule has 0 radical (unpaired) electrons. The third kappa shape index (κ3) is 1.91. The quantitative estimate of drug-likeness (QED) is 0.308. The third-order valence-corrected chi connectivity index (χ3v) is 4.47. The van der Waals surface area contributed by atoms with Crippen molar-refractivity contribution in [3.05, 3.63) is 22.9 Å². The first-order chi connectivity index (χ1) is 9.11. The second-order valence-electron chi connectivity index (χ2n) is 5.22. The fourth-order valence-corrected chi connectivity index (χ4v) is 3.73. The molecular weight excluding hydrogens is 269 g/mol. The van der Waals surface area contributed by atoms with Gasteiger partial charge in [-0.25, -0.2) is 0 Å². The number of carbonyl (C=O) groups is 2. The molecule has 5 nitrogen and oxygen atoms in total. The van der Waals surface area contributed by atoms with Crippen LogP contribution < -0.4 is 34.7 Å². The molecule has 0 unspecified atom stereocenters. The second-order valence-corrected chi connectivity index (χ2v) is 5.22. The van der Waals surface area contributed by atoms with Crippen LogP contribution in [0.2, 0.25) is 0 Å². The van der Waals surface area contributed by atoms with Crippen molar-refractivity contribution in [3.8, 4) is 0 Å². The number of hydrogen-bond acceptors (Lipinski definition) is 4. The predicted octanol–water partition coefficient (Wildman–Crippen LogP) is -3.02. The average Bonchev–Trinajstić information content (AvgIpc) is 2.70. The molecule has 6 heteroatoms. The van der Waals surface area contributed by atoms with Gasteiger partial charge in [0.05, 0.1) is 23.8 Å². The van der Waals surface area contributed by atoms with E-state index in [4.69, 9.17) is 4.74 Å². The molecule has 0 spiro atoms. The van der Waals surface area contributed by atoms with Crippen LogP contribution in [0.3, 0.4) is 0 Å². The molecule has 2 fully saturated rings. The minimum absolute atomic E-state index is 0. The maximum Gasteiger partial charge on any atom is 1.00 e. The number of carboxylic acids is 1. The van der Waals surface area contributed by atoms with E-state index in [0.29, 0.717) is 0 Å². The van der Waals surface area contributed by atoms with Crippen LogP contribution in [0.1, 0.15) is 26.2 Å². The number of carbonyl (C=O) groups excluding carboxylic acids is 2. The van der Waals surface area contributed by atoms with Crippen molar-refractivity contribution in [3.63, 3.8) is 0 Å². The van der Waals surface area contributed by atoms with Gasteiger partial charge in [-0.15, -0.1) is 0 Å². The summed E-state index contributed by atoms with van der Waals surface area (Å²) in [5.41, 5.74) is 1.52. The summed E-state index contributed by atoms with van der Waals surface area (Å²) in [6, 6.07) is -0.113. The first kappa shape index (κ1) is 15.8. The largest absolute Gasteiger partial charge is 1.00 e. The van der Waals surface area contributed by atoms with Crippen molar-refractivity contribution in [2.75, 3.05) is 7.11 Å². The number of allylic oxidation sites excluding steroid dienone is 1. The van der Waals surface area contributed by atoms with Crippen LogP contribution in [0.5, 0.6) is 0 Å². The molecule has 0 N–H and O–H groups in total. The first-order valence-corrected chi connectivity index (χ1v) is 6.59. The zero-order valence-corrected chi connectivity index (χ0v) is 14.0. The molecule has 3 atom stereocenters. The molecular formula is C14H16NNaO4. The van der Waals surface area contributed by atoms with Crippen molar-refractivity contribution in [1.29, 1.82) is 0 Å². The van der Waals surface area contributed by atoms with Gasteiger partial charge < -0.3 is 14.6 Å². The Labute approximate surface area is 139 Å². The summed E-state index contributed by atoms with van der Waals surface area (Å²) in [5.74, 6) is -1.39. The molecule has 102 valence electrons. The number of methoxy groups -OCH3 is 1. The van der Waals surface area contributed by atoms with Crippen LogP contribution >= 0.6 is 0 Å². The molecule has 0 bridgehead atoms. The van der Waals surface area contributed by atoms with Crippen LogP contribution in [-0.2, 0) is 14.3 Å². The number of amides is 1. The average molecular weight is 285 g/mol. The number of aliphatic carboxylic acids is 1. The summed E-state index contributed by atoms with van der Waals surface area (Å²) in [5, 5.41) is 11.4. The van der Waals surface area contributed by atoms with Gasteiger partial charge in [0.15, 0.2) is 0 Å². The number of carboxylic acid groups (broad SMARTS) is 1. The van der Waals surface area contributed by atoms with E-state index in [2.05, 4.69) is 0 Å². The Morgan fingerprint density at radius 2 is 2.15 bits per heavy atom. The maximum atomic E-state index is 12.0. The van der Waals surface area contributed by atoms with Crippen LogP contribution in [0.15, 0.2) is 22.9 Å². The molecule has 1 saturated heterocycles. The smallest absolute Gasteiger partial charge is 0.543 e.